The van der Waals surface area contributed by atoms with Crippen molar-refractivity contribution in [2.45, 2.75) is 24.8 Å². The van der Waals surface area contributed by atoms with E-state index in [1.807, 2.05) is 0 Å². The van der Waals surface area contributed by atoms with Crippen LogP contribution in [0, 0.1) is 50.9 Å². The number of benzene rings is 1. The van der Waals surface area contributed by atoms with Crippen LogP contribution in [0.2, 0.25) is 0 Å². The fourth-order valence-electron chi connectivity index (χ4n) is 8.42. The van der Waals surface area contributed by atoms with Crippen molar-refractivity contribution in [3.63, 3.8) is 0 Å². The van der Waals surface area contributed by atoms with Crippen molar-refractivity contribution in [2.24, 2.45) is 47.3 Å². The first-order chi connectivity index (χ1) is 11.8. The Morgan fingerprint density at radius 3 is 2.54 bits per heavy atom. The molecule has 4 heteroatoms. The highest BCUT2D eigenvalue weighted by Gasteiger charge is 2.88. The van der Waals surface area contributed by atoms with Crippen LogP contribution in [0.5, 0.6) is 0 Å². The highest BCUT2D eigenvalue weighted by Crippen LogP contribution is 2.86. The summed E-state index contributed by atoms with van der Waals surface area (Å²) < 4.78 is 14.0. The molecule has 1 aromatic carbocycles. The van der Waals surface area contributed by atoms with Crippen LogP contribution < -0.4 is 5.32 Å². The number of ether oxygens (including phenoxy) is 2. The molecule has 9 atom stereocenters. The lowest BCUT2D eigenvalue weighted by Gasteiger charge is -2.54. The first kappa shape index (κ1) is 14.0. The third-order valence-corrected chi connectivity index (χ3v) is 9.29. The summed E-state index contributed by atoms with van der Waals surface area (Å²) in [4.78, 5) is 0. The molecule has 2 bridgehead atoms. The van der Waals surface area contributed by atoms with Gasteiger partial charge in [0.2, 0.25) is 0 Å². The maximum Gasteiger partial charge on any atom is 0.175 e. The van der Waals surface area contributed by atoms with Crippen LogP contribution in [0.15, 0.2) is 24.3 Å². The largest absolute Gasteiger partial charge is 0.347 e. The molecule has 1 aromatic rings. The van der Waals surface area contributed by atoms with Crippen LogP contribution in [0.25, 0.3) is 0 Å². The molecule has 0 radical (unpaired) electrons. The van der Waals surface area contributed by atoms with Crippen LogP contribution in [-0.2, 0) is 16.0 Å². The SMILES string of the molecule is Ic1ccc(CNC2C3C4CC5C6C4C2C6C2(OCCO2)C53)cc1. The van der Waals surface area contributed by atoms with Gasteiger partial charge in [0.1, 0.15) is 0 Å². The Hall–Kier alpha value is -0.170. The van der Waals surface area contributed by atoms with E-state index in [4.69, 9.17) is 9.47 Å². The number of nitrogens with one attached hydrogen (secondary N) is 1. The summed E-state index contributed by atoms with van der Waals surface area (Å²) >= 11 is 2.38. The lowest BCUT2D eigenvalue weighted by atomic mass is 9.57. The highest BCUT2D eigenvalue weighted by molar-refractivity contribution is 14.1. The lowest BCUT2D eigenvalue weighted by Crippen LogP contribution is -2.62. The smallest absolute Gasteiger partial charge is 0.175 e. The molecule has 1 heterocycles. The molecule has 126 valence electrons. The molecule has 24 heavy (non-hydrogen) atoms. The number of fused-ring (bicyclic) bond motifs is 4. The van der Waals surface area contributed by atoms with Crippen LogP contribution in [0.3, 0.4) is 0 Å². The Morgan fingerprint density at radius 2 is 1.75 bits per heavy atom. The van der Waals surface area contributed by atoms with Crippen molar-refractivity contribution in [1.29, 1.82) is 0 Å². The van der Waals surface area contributed by atoms with E-state index >= 15 is 0 Å². The Morgan fingerprint density at radius 1 is 0.958 bits per heavy atom. The summed E-state index contributed by atoms with van der Waals surface area (Å²) in [7, 11) is 0. The minimum absolute atomic E-state index is 0.159. The van der Waals surface area contributed by atoms with Gasteiger partial charge in [0.05, 0.1) is 13.2 Å². The zero-order chi connectivity index (χ0) is 15.6. The molecular weight excluding hydrogens is 413 g/mol. The molecule has 5 saturated carbocycles. The summed E-state index contributed by atoms with van der Waals surface area (Å²) in [5.41, 5.74) is 1.41. The van der Waals surface area contributed by atoms with Gasteiger partial charge in [-0.25, -0.2) is 0 Å². The Balaban J connectivity index is 1.20. The Kier molecular flexibility index (Phi) is 2.55. The summed E-state index contributed by atoms with van der Waals surface area (Å²) in [6.07, 6.45) is 1.47. The van der Waals surface area contributed by atoms with Gasteiger partial charge in [-0.15, -0.1) is 0 Å². The maximum atomic E-state index is 6.34. The average molecular weight is 435 g/mol. The van der Waals surface area contributed by atoms with Gasteiger partial charge in [0.25, 0.3) is 0 Å². The number of hydrogen-bond acceptors (Lipinski definition) is 3. The standard InChI is InChI=1S/C20H22INO2/c21-10-3-1-9(2-4-10)8-22-19-15-11-7-12-14-13(11)16(19)18(14)20(17(12)15)23-5-6-24-20/h1-4,11-19,22H,5-8H2. The fraction of sp³-hybridized carbons (Fsp3) is 0.700. The normalized spacial score (nSPS) is 53.5. The minimum atomic E-state index is -0.159. The van der Waals surface area contributed by atoms with E-state index in [-0.39, 0.29) is 5.79 Å². The average Bonchev–Trinajstić information content (AvgIpc) is 3.25. The van der Waals surface area contributed by atoms with Crippen LogP contribution in [0.1, 0.15) is 12.0 Å². The second-order valence-electron chi connectivity index (χ2n) is 8.88. The second kappa shape index (κ2) is 4.38. The highest BCUT2D eigenvalue weighted by atomic mass is 127. The zero-order valence-corrected chi connectivity index (χ0v) is 15.7. The van der Waals surface area contributed by atoms with Crippen LogP contribution >= 0.6 is 22.6 Å². The summed E-state index contributed by atoms with van der Waals surface area (Å²) in [5.74, 6) is 6.64. The van der Waals surface area contributed by atoms with Crippen LogP contribution in [-0.4, -0.2) is 25.0 Å². The van der Waals surface area contributed by atoms with Crippen molar-refractivity contribution in [3.05, 3.63) is 33.4 Å². The van der Waals surface area contributed by atoms with Gasteiger partial charge in [-0.1, -0.05) is 12.1 Å². The molecule has 7 rings (SSSR count). The van der Waals surface area contributed by atoms with Gasteiger partial charge >= 0.3 is 0 Å². The van der Waals surface area contributed by atoms with Crippen molar-refractivity contribution >= 4 is 22.6 Å². The van der Waals surface area contributed by atoms with Gasteiger partial charge in [0, 0.05) is 28.0 Å². The molecule has 5 aliphatic carbocycles. The monoisotopic (exact) mass is 435 g/mol. The van der Waals surface area contributed by atoms with Crippen molar-refractivity contribution in [2.75, 3.05) is 13.2 Å². The first-order valence-corrected chi connectivity index (χ1v) is 10.6. The Labute approximate surface area is 156 Å². The quantitative estimate of drug-likeness (QED) is 0.741. The molecule has 1 N–H and O–H groups in total. The number of rotatable bonds is 3. The summed E-state index contributed by atoms with van der Waals surface area (Å²) in [5, 5.41) is 3.99. The van der Waals surface area contributed by atoms with E-state index in [2.05, 4.69) is 52.2 Å². The van der Waals surface area contributed by atoms with E-state index < -0.39 is 0 Å². The molecule has 1 saturated heterocycles. The van der Waals surface area contributed by atoms with Crippen molar-refractivity contribution in [1.82, 2.24) is 5.32 Å². The third-order valence-electron chi connectivity index (χ3n) is 8.57. The minimum Gasteiger partial charge on any atom is -0.347 e. The van der Waals surface area contributed by atoms with Crippen molar-refractivity contribution < 1.29 is 9.47 Å². The van der Waals surface area contributed by atoms with Gasteiger partial charge < -0.3 is 14.8 Å². The van der Waals surface area contributed by atoms with Gasteiger partial charge in [-0.2, -0.15) is 0 Å². The third kappa shape index (κ3) is 1.35. The Bertz CT molecular complexity index is 715. The van der Waals surface area contributed by atoms with Crippen molar-refractivity contribution in [3.8, 4) is 0 Å². The topological polar surface area (TPSA) is 30.5 Å². The summed E-state index contributed by atoms with van der Waals surface area (Å²) in [6, 6.07) is 9.67. The zero-order valence-electron chi connectivity index (χ0n) is 13.5. The van der Waals surface area contributed by atoms with Gasteiger partial charge in [-0.3, -0.25) is 0 Å². The van der Waals surface area contributed by atoms with Gasteiger partial charge in [-0.05, 0) is 82.2 Å². The van der Waals surface area contributed by atoms with E-state index in [1.54, 1.807) is 0 Å². The molecule has 3 nitrogen and oxygen atoms in total. The van der Waals surface area contributed by atoms with E-state index in [0.29, 0.717) is 17.9 Å². The molecule has 1 aliphatic heterocycles. The first-order valence-electron chi connectivity index (χ1n) is 9.55. The predicted molar refractivity (Wildman–Crippen MR) is 97.0 cm³/mol. The molecular formula is C20H22INO2. The van der Waals surface area contributed by atoms with E-state index in [1.165, 1.54) is 15.6 Å². The maximum absolute atomic E-state index is 6.34. The molecule has 0 aromatic heterocycles. The molecule has 6 fully saturated rings. The van der Waals surface area contributed by atoms with E-state index in [0.717, 1.165) is 55.3 Å². The summed E-state index contributed by atoms with van der Waals surface area (Å²) in [6.45, 7) is 2.65. The van der Waals surface area contributed by atoms with Crippen LogP contribution in [0.4, 0.5) is 0 Å². The molecule has 0 amide bonds. The number of halogens is 1. The fourth-order valence-corrected chi connectivity index (χ4v) is 8.78. The van der Waals surface area contributed by atoms with Gasteiger partial charge in [0.15, 0.2) is 5.79 Å². The molecule has 9 unspecified atom stereocenters. The predicted octanol–water partition coefficient (Wildman–Crippen LogP) is 2.88. The molecule has 6 aliphatic rings. The molecule has 1 spiro atoms. The lowest BCUT2D eigenvalue weighted by molar-refractivity contribution is -0.264. The second-order valence-corrected chi connectivity index (χ2v) is 10.1. The van der Waals surface area contributed by atoms with E-state index in [9.17, 15) is 0 Å². The number of hydrogen-bond donors (Lipinski definition) is 1.